The van der Waals surface area contributed by atoms with Crippen molar-refractivity contribution in [2.24, 2.45) is 11.8 Å². The Morgan fingerprint density at radius 3 is 2.55 bits per heavy atom. The summed E-state index contributed by atoms with van der Waals surface area (Å²) in [7, 11) is 0. The minimum absolute atomic E-state index is 0.0645. The van der Waals surface area contributed by atoms with Crippen LogP contribution in [0.4, 0.5) is 17.6 Å². The zero-order valence-corrected chi connectivity index (χ0v) is 11.0. The van der Waals surface area contributed by atoms with Gasteiger partial charge in [0, 0.05) is 0 Å². The molecule has 0 spiro atoms. The molecule has 20 heavy (non-hydrogen) atoms. The van der Waals surface area contributed by atoms with E-state index in [2.05, 4.69) is 0 Å². The van der Waals surface area contributed by atoms with Gasteiger partial charge in [0.15, 0.2) is 0 Å². The van der Waals surface area contributed by atoms with Crippen LogP contribution < -0.4 is 0 Å². The van der Waals surface area contributed by atoms with Crippen molar-refractivity contribution in [1.29, 1.82) is 0 Å². The van der Waals surface area contributed by atoms with E-state index in [0.717, 1.165) is 0 Å². The summed E-state index contributed by atoms with van der Waals surface area (Å²) in [4.78, 5) is 0. The Balaban J connectivity index is 2.08. The molecule has 1 fully saturated rings. The first-order valence-electron chi connectivity index (χ1n) is 6.87. The summed E-state index contributed by atoms with van der Waals surface area (Å²) in [6.45, 7) is 0. The molecule has 0 heterocycles. The summed E-state index contributed by atoms with van der Waals surface area (Å²) in [5, 5.41) is 10.1. The lowest BCUT2D eigenvalue weighted by molar-refractivity contribution is -0.206. The minimum Gasteiger partial charge on any atom is -0.392 e. The molecule has 1 nitrogen and oxygen atoms in total. The first-order valence-corrected chi connectivity index (χ1v) is 6.87. The second-order valence-electron chi connectivity index (χ2n) is 5.50. The monoisotopic (exact) mass is 290 g/mol. The number of alkyl halides is 3. The third kappa shape index (κ3) is 3.72. The van der Waals surface area contributed by atoms with Gasteiger partial charge >= 0.3 is 6.18 Å². The predicted molar refractivity (Wildman–Crippen MR) is 67.6 cm³/mol. The van der Waals surface area contributed by atoms with Crippen molar-refractivity contribution in [3.63, 3.8) is 0 Å². The molecule has 1 aliphatic rings. The Bertz CT molecular complexity index is 444. The minimum atomic E-state index is -4.27. The summed E-state index contributed by atoms with van der Waals surface area (Å²) in [6, 6.07) is 5.65. The van der Waals surface area contributed by atoms with Crippen LogP contribution in [0.25, 0.3) is 0 Å². The van der Waals surface area contributed by atoms with Crippen molar-refractivity contribution in [1.82, 2.24) is 0 Å². The summed E-state index contributed by atoms with van der Waals surface area (Å²) in [5.74, 6) is -2.67. The van der Waals surface area contributed by atoms with Crippen LogP contribution in [0.3, 0.4) is 0 Å². The van der Waals surface area contributed by atoms with Crippen molar-refractivity contribution in [3.05, 3.63) is 35.6 Å². The second-order valence-corrected chi connectivity index (χ2v) is 5.50. The topological polar surface area (TPSA) is 20.2 Å². The van der Waals surface area contributed by atoms with Gasteiger partial charge in [-0.3, -0.25) is 0 Å². The van der Waals surface area contributed by atoms with Gasteiger partial charge in [-0.1, -0.05) is 25.0 Å². The van der Waals surface area contributed by atoms with Gasteiger partial charge in [0.25, 0.3) is 0 Å². The molecular formula is C15H18F4O. The van der Waals surface area contributed by atoms with Gasteiger partial charge in [-0.25, -0.2) is 4.39 Å². The fraction of sp³-hybridized carbons (Fsp3) is 0.600. The molecule has 0 amide bonds. The lowest BCUT2D eigenvalue weighted by Crippen LogP contribution is -2.40. The van der Waals surface area contributed by atoms with Crippen molar-refractivity contribution in [2.75, 3.05) is 0 Å². The van der Waals surface area contributed by atoms with E-state index in [-0.39, 0.29) is 12.8 Å². The zero-order valence-electron chi connectivity index (χ0n) is 11.0. The number of benzene rings is 1. The summed E-state index contributed by atoms with van der Waals surface area (Å²) < 4.78 is 52.0. The Morgan fingerprint density at radius 1 is 1.20 bits per heavy atom. The van der Waals surface area contributed by atoms with Gasteiger partial charge in [0.1, 0.15) is 5.82 Å². The van der Waals surface area contributed by atoms with Gasteiger partial charge < -0.3 is 5.11 Å². The highest BCUT2D eigenvalue weighted by Gasteiger charge is 2.47. The Hall–Kier alpha value is -1.10. The van der Waals surface area contributed by atoms with Crippen molar-refractivity contribution in [2.45, 2.75) is 44.4 Å². The molecule has 5 heteroatoms. The van der Waals surface area contributed by atoms with E-state index in [1.807, 2.05) is 0 Å². The molecule has 0 bridgehead atoms. The van der Waals surface area contributed by atoms with E-state index in [4.69, 9.17) is 0 Å². The molecule has 1 saturated carbocycles. The van der Waals surface area contributed by atoms with E-state index >= 15 is 0 Å². The number of aliphatic hydroxyl groups is 1. The molecule has 1 aliphatic carbocycles. The molecule has 1 aromatic rings. The smallest absolute Gasteiger partial charge is 0.392 e. The molecule has 0 aliphatic heterocycles. The largest absolute Gasteiger partial charge is 0.392 e. The fourth-order valence-electron chi connectivity index (χ4n) is 3.08. The van der Waals surface area contributed by atoms with E-state index in [1.54, 1.807) is 6.07 Å². The highest BCUT2D eigenvalue weighted by molar-refractivity contribution is 5.17. The van der Waals surface area contributed by atoms with Crippen molar-refractivity contribution in [3.8, 4) is 0 Å². The van der Waals surface area contributed by atoms with E-state index < -0.39 is 29.9 Å². The van der Waals surface area contributed by atoms with Crippen LogP contribution in [0.15, 0.2) is 24.3 Å². The first kappa shape index (κ1) is 15.3. The van der Waals surface area contributed by atoms with Crippen LogP contribution in [0.2, 0.25) is 0 Å². The quantitative estimate of drug-likeness (QED) is 0.831. The van der Waals surface area contributed by atoms with Crippen LogP contribution in [0, 0.1) is 17.7 Å². The van der Waals surface area contributed by atoms with Crippen LogP contribution >= 0.6 is 0 Å². The third-order valence-corrected chi connectivity index (χ3v) is 4.07. The standard InChI is InChI=1S/C15H18F4O/c16-11-5-3-4-10(8-11)9-14(20)12-6-1-2-7-13(12)15(17,18)19/h3-5,8,12-14,20H,1-2,6-7,9H2. The molecule has 3 atom stereocenters. The normalized spacial score (nSPS) is 25.4. The molecule has 0 aromatic heterocycles. The van der Waals surface area contributed by atoms with E-state index in [9.17, 15) is 22.7 Å². The molecular weight excluding hydrogens is 272 g/mol. The highest BCUT2D eigenvalue weighted by atomic mass is 19.4. The number of halogens is 4. The maximum Gasteiger partial charge on any atom is 0.392 e. The average molecular weight is 290 g/mol. The van der Waals surface area contributed by atoms with Crippen LogP contribution in [-0.4, -0.2) is 17.4 Å². The molecule has 3 unspecified atom stereocenters. The van der Waals surface area contributed by atoms with Crippen LogP contribution in [-0.2, 0) is 6.42 Å². The van der Waals surface area contributed by atoms with E-state index in [0.29, 0.717) is 24.8 Å². The maximum absolute atomic E-state index is 13.1. The second kappa shape index (κ2) is 6.12. The SMILES string of the molecule is OC(Cc1cccc(F)c1)C1CCCCC1C(F)(F)F. The molecule has 1 N–H and O–H groups in total. The molecule has 0 radical (unpaired) electrons. The molecule has 1 aromatic carbocycles. The van der Waals surface area contributed by atoms with E-state index in [1.165, 1.54) is 18.2 Å². The van der Waals surface area contributed by atoms with Gasteiger partial charge in [0.05, 0.1) is 12.0 Å². The Labute approximate surface area is 115 Å². The number of rotatable bonds is 3. The van der Waals surface area contributed by atoms with Crippen LogP contribution in [0.5, 0.6) is 0 Å². The molecule has 2 rings (SSSR count). The third-order valence-electron chi connectivity index (χ3n) is 4.07. The number of hydrogen-bond acceptors (Lipinski definition) is 1. The lowest BCUT2D eigenvalue weighted by atomic mass is 9.74. The zero-order chi connectivity index (χ0) is 14.8. The lowest BCUT2D eigenvalue weighted by Gasteiger charge is -2.36. The van der Waals surface area contributed by atoms with Gasteiger partial charge in [-0.05, 0) is 42.9 Å². The molecule has 112 valence electrons. The van der Waals surface area contributed by atoms with Gasteiger partial charge in [0.2, 0.25) is 0 Å². The molecule has 0 saturated heterocycles. The number of aliphatic hydroxyl groups excluding tert-OH is 1. The maximum atomic E-state index is 13.1. The first-order chi connectivity index (χ1) is 9.38. The summed E-state index contributed by atoms with van der Waals surface area (Å²) in [6.07, 6.45) is -3.58. The summed E-state index contributed by atoms with van der Waals surface area (Å²) in [5.41, 5.74) is 0.531. The predicted octanol–water partition coefficient (Wildman–Crippen LogP) is 4.10. The summed E-state index contributed by atoms with van der Waals surface area (Å²) >= 11 is 0. The van der Waals surface area contributed by atoms with Gasteiger partial charge in [-0.15, -0.1) is 0 Å². The average Bonchev–Trinajstić information content (AvgIpc) is 2.37. The highest BCUT2D eigenvalue weighted by Crippen LogP contribution is 2.43. The Morgan fingerprint density at radius 2 is 1.90 bits per heavy atom. The van der Waals surface area contributed by atoms with Crippen LogP contribution in [0.1, 0.15) is 31.2 Å². The number of hydrogen-bond donors (Lipinski definition) is 1. The van der Waals surface area contributed by atoms with Crippen molar-refractivity contribution < 1.29 is 22.7 Å². The van der Waals surface area contributed by atoms with Crippen molar-refractivity contribution >= 4 is 0 Å². The Kier molecular flexibility index (Phi) is 4.68. The fourth-order valence-corrected chi connectivity index (χ4v) is 3.08. The van der Waals surface area contributed by atoms with Gasteiger partial charge in [-0.2, -0.15) is 13.2 Å².